The van der Waals surface area contributed by atoms with E-state index in [4.69, 9.17) is 9.68 Å². The number of hydrogen-bond acceptors (Lipinski definition) is 4. The average Bonchev–Trinajstić information content (AvgIpc) is 2.89. The molecule has 0 unspecified atom stereocenters. The highest BCUT2D eigenvalue weighted by Crippen LogP contribution is 2.02. The summed E-state index contributed by atoms with van der Waals surface area (Å²) in [6, 6.07) is 8.48. The molecule has 1 N–H and O–H groups in total. The highest BCUT2D eigenvalue weighted by molar-refractivity contribution is 5.93. The van der Waals surface area contributed by atoms with Crippen LogP contribution in [0.3, 0.4) is 0 Å². The van der Waals surface area contributed by atoms with Gasteiger partial charge in [0.25, 0.3) is 5.91 Å². The van der Waals surface area contributed by atoms with Gasteiger partial charge in [0.2, 0.25) is 0 Å². The Kier molecular flexibility index (Phi) is 3.17. The van der Waals surface area contributed by atoms with Crippen molar-refractivity contribution in [3.05, 3.63) is 53.7 Å². The number of aromatic nitrogens is 1. The number of pyridine rings is 1. The van der Waals surface area contributed by atoms with Gasteiger partial charge < -0.3 is 9.73 Å². The fourth-order valence-electron chi connectivity index (χ4n) is 1.28. The molecule has 0 saturated carbocycles. The predicted molar refractivity (Wildman–Crippen MR) is 58.8 cm³/mol. The first-order valence-electron chi connectivity index (χ1n) is 4.96. The van der Waals surface area contributed by atoms with Crippen molar-refractivity contribution < 1.29 is 9.21 Å². The summed E-state index contributed by atoms with van der Waals surface area (Å²) >= 11 is 0. The quantitative estimate of drug-likeness (QED) is 0.861. The van der Waals surface area contributed by atoms with Crippen molar-refractivity contribution in [2.24, 2.45) is 0 Å². The van der Waals surface area contributed by atoms with Crippen molar-refractivity contribution in [2.45, 2.75) is 6.54 Å². The molecule has 0 saturated heterocycles. The van der Waals surface area contributed by atoms with E-state index in [9.17, 15) is 4.79 Å². The largest absolute Gasteiger partial charge is 0.467 e. The number of nitrogens with zero attached hydrogens (tertiary/aromatic N) is 2. The van der Waals surface area contributed by atoms with E-state index >= 15 is 0 Å². The molecule has 17 heavy (non-hydrogen) atoms. The number of carbonyl (C=O) groups is 1. The van der Waals surface area contributed by atoms with E-state index in [0.29, 0.717) is 17.9 Å². The summed E-state index contributed by atoms with van der Waals surface area (Å²) in [5, 5.41) is 11.3. The maximum Gasteiger partial charge on any atom is 0.253 e. The Bertz CT molecular complexity index is 538. The molecule has 0 aliphatic carbocycles. The third-order valence-corrected chi connectivity index (χ3v) is 2.14. The van der Waals surface area contributed by atoms with Crippen molar-refractivity contribution in [3.8, 4) is 6.07 Å². The summed E-state index contributed by atoms with van der Waals surface area (Å²) in [7, 11) is 0. The summed E-state index contributed by atoms with van der Waals surface area (Å²) in [5.74, 6) is 0.429. The number of nitrogens with one attached hydrogen (secondary N) is 1. The second-order valence-corrected chi connectivity index (χ2v) is 3.31. The number of furan rings is 1. The van der Waals surface area contributed by atoms with Gasteiger partial charge in [-0.15, -0.1) is 0 Å². The average molecular weight is 227 g/mol. The monoisotopic (exact) mass is 227 g/mol. The lowest BCUT2D eigenvalue weighted by Crippen LogP contribution is -2.22. The van der Waals surface area contributed by atoms with Crippen molar-refractivity contribution in [1.82, 2.24) is 10.3 Å². The van der Waals surface area contributed by atoms with Crippen LogP contribution in [-0.2, 0) is 6.54 Å². The van der Waals surface area contributed by atoms with Gasteiger partial charge in [0.05, 0.1) is 18.4 Å². The minimum Gasteiger partial charge on any atom is -0.467 e. The van der Waals surface area contributed by atoms with Crippen molar-refractivity contribution in [3.63, 3.8) is 0 Å². The molecule has 2 aromatic rings. The molecule has 5 nitrogen and oxygen atoms in total. The van der Waals surface area contributed by atoms with Crippen LogP contribution in [0.5, 0.6) is 0 Å². The summed E-state index contributed by atoms with van der Waals surface area (Å²) in [5.41, 5.74) is 0.697. The third-order valence-electron chi connectivity index (χ3n) is 2.14. The van der Waals surface area contributed by atoms with Gasteiger partial charge in [-0.3, -0.25) is 4.79 Å². The molecule has 5 heteroatoms. The van der Waals surface area contributed by atoms with E-state index < -0.39 is 0 Å². The third kappa shape index (κ3) is 2.69. The number of rotatable bonds is 3. The molecular formula is C12H9N3O2. The molecule has 1 amide bonds. The number of amides is 1. The lowest BCUT2D eigenvalue weighted by molar-refractivity contribution is 0.0947. The Hall–Kier alpha value is -2.61. The minimum atomic E-state index is -0.251. The minimum absolute atomic E-state index is 0.251. The van der Waals surface area contributed by atoms with Gasteiger partial charge >= 0.3 is 0 Å². The van der Waals surface area contributed by atoms with Crippen LogP contribution >= 0.6 is 0 Å². The van der Waals surface area contributed by atoms with E-state index in [0.717, 1.165) is 0 Å². The van der Waals surface area contributed by atoms with Crippen LogP contribution in [0.15, 0.2) is 41.1 Å². The Balaban J connectivity index is 1.97. The van der Waals surface area contributed by atoms with Crippen LogP contribution in [0.2, 0.25) is 0 Å². The van der Waals surface area contributed by atoms with Crippen molar-refractivity contribution >= 4 is 5.91 Å². The molecule has 0 aliphatic rings. The molecule has 0 atom stereocenters. The van der Waals surface area contributed by atoms with Crippen molar-refractivity contribution in [1.29, 1.82) is 5.26 Å². The fourth-order valence-corrected chi connectivity index (χ4v) is 1.28. The predicted octanol–water partition coefficient (Wildman–Crippen LogP) is 1.48. The first-order chi connectivity index (χ1) is 8.29. The number of carbonyl (C=O) groups excluding carboxylic acids is 1. The highest BCUT2D eigenvalue weighted by Gasteiger charge is 2.06. The van der Waals surface area contributed by atoms with E-state index in [1.807, 2.05) is 6.07 Å². The lowest BCUT2D eigenvalue weighted by Gasteiger charge is -2.02. The van der Waals surface area contributed by atoms with Crippen LogP contribution in [0, 0.1) is 11.3 Å². The van der Waals surface area contributed by atoms with E-state index in [1.54, 1.807) is 24.5 Å². The highest BCUT2D eigenvalue weighted by atomic mass is 16.3. The number of hydrogen-bond donors (Lipinski definition) is 1. The first kappa shape index (κ1) is 10.9. The SMILES string of the molecule is N#Cc1ccc(C(=O)NCc2ccco2)cn1. The van der Waals surface area contributed by atoms with Crippen LogP contribution < -0.4 is 5.32 Å². The van der Waals surface area contributed by atoms with Gasteiger partial charge in [0.1, 0.15) is 17.5 Å². The molecule has 2 aromatic heterocycles. The Morgan fingerprint density at radius 3 is 2.94 bits per heavy atom. The van der Waals surface area contributed by atoms with Gasteiger partial charge in [0, 0.05) is 6.20 Å². The van der Waals surface area contributed by atoms with Crippen molar-refractivity contribution in [2.75, 3.05) is 0 Å². The maximum absolute atomic E-state index is 11.7. The summed E-state index contributed by atoms with van der Waals surface area (Å²) in [6.45, 7) is 0.325. The zero-order valence-electron chi connectivity index (χ0n) is 8.88. The van der Waals surface area contributed by atoms with E-state index in [-0.39, 0.29) is 11.6 Å². The molecule has 0 aliphatic heterocycles. The van der Waals surface area contributed by atoms with Crippen LogP contribution in [0.25, 0.3) is 0 Å². The summed E-state index contributed by atoms with van der Waals surface area (Å²) in [4.78, 5) is 15.5. The van der Waals surface area contributed by atoms with E-state index in [1.165, 1.54) is 12.3 Å². The topological polar surface area (TPSA) is 78.9 Å². The fraction of sp³-hybridized carbons (Fsp3) is 0.0833. The molecule has 2 rings (SSSR count). The zero-order chi connectivity index (χ0) is 12.1. The van der Waals surface area contributed by atoms with E-state index in [2.05, 4.69) is 10.3 Å². The van der Waals surface area contributed by atoms with Gasteiger partial charge in [-0.2, -0.15) is 5.26 Å². The second kappa shape index (κ2) is 4.94. The standard InChI is InChI=1S/C12H9N3O2/c13-6-10-4-3-9(7-14-10)12(16)15-8-11-2-1-5-17-11/h1-5,7H,8H2,(H,15,16). The summed E-state index contributed by atoms with van der Waals surface area (Å²) in [6.07, 6.45) is 2.92. The second-order valence-electron chi connectivity index (χ2n) is 3.31. The van der Waals surface area contributed by atoms with Crippen LogP contribution in [-0.4, -0.2) is 10.9 Å². The molecule has 0 radical (unpaired) electrons. The van der Waals surface area contributed by atoms with Gasteiger partial charge in [-0.05, 0) is 24.3 Å². The molecular weight excluding hydrogens is 218 g/mol. The van der Waals surface area contributed by atoms with Gasteiger partial charge in [0.15, 0.2) is 0 Å². The molecule has 84 valence electrons. The van der Waals surface area contributed by atoms with Gasteiger partial charge in [-0.1, -0.05) is 0 Å². The Morgan fingerprint density at radius 1 is 1.47 bits per heavy atom. The molecule has 0 spiro atoms. The number of nitriles is 1. The smallest absolute Gasteiger partial charge is 0.253 e. The molecule has 0 fully saturated rings. The Labute approximate surface area is 97.7 Å². The zero-order valence-corrected chi connectivity index (χ0v) is 8.88. The van der Waals surface area contributed by atoms with Crippen LogP contribution in [0.1, 0.15) is 21.8 Å². The summed E-state index contributed by atoms with van der Waals surface area (Å²) < 4.78 is 5.08. The Morgan fingerprint density at radius 2 is 2.35 bits per heavy atom. The maximum atomic E-state index is 11.7. The lowest BCUT2D eigenvalue weighted by atomic mass is 10.2. The normalized spacial score (nSPS) is 9.59. The van der Waals surface area contributed by atoms with Gasteiger partial charge in [-0.25, -0.2) is 4.98 Å². The molecule has 2 heterocycles. The first-order valence-corrected chi connectivity index (χ1v) is 4.96. The molecule has 0 aromatic carbocycles. The van der Waals surface area contributed by atoms with Crippen LogP contribution in [0.4, 0.5) is 0 Å². The molecule has 0 bridgehead atoms.